The van der Waals surface area contributed by atoms with Crippen LogP contribution < -0.4 is 21.9 Å². The molecular weight excluding hydrogens is 376 g/mol. The number of hydrogen-bond acceptors (Lipinski definition) is 5. The number of nitrogens with one attached hydrogen (secondary N) is 2. The second-order valence-corrected chi connectivity index (χ2v) is 5.58. The van der Waals surface area contributed by atoms with Crippen molar-refractivity contribution >= 4 is 47.4 Å². The number of pyridine rings is 1. The molecular formula is C14H18Cl2FN5O3. The number of aromatic nitrogens is 3. The Labute approximate surface area is 154 Å². The third kappa shape index (κ3) is 3.83. The molecule has 0 unspecified atom stereocenters. The van der Waals surface area contributed by atoms with Crippen molar-refractivity contribution in [1.29, 1.82) is 0 Å². The highest BCUT2D eigenvalue weighted by atomic mass is 35.5. The van der Waals surface area contributed by atoms with Gasteiger partial charge in [-0.1, -0.05) is 0 Å². The Balaban J connectivity index is 0.00000156. The maximum absolute atomic E-state index is 13.1. The number of carbonyl (C=O) groups is 1. The summed E-state index contributed by atoms with van der Waals surface area (Å²) < 4.78 is 15.4. The van der Waals surface area contributed by atoms with E-state index in [0.29, 0.717) is 5.69 Å². The van der Waals surface area contributed by atoms with E-state index >= 15 is 0 Å². The zero-order chi connectivity index (χ0) is 16.7. The van der Waals surface area contributed by atoms with Crippen molar-refractivity contribution in [1.82, 2.24) is 19.4 Å². The quantitative estimate of drug-likeness (QED) is 0.754. The van der Waals surface area contributed by atoms with Crippen molar-refractivity contribution in [3.05, 3.63) is 33.1 Å². The largest absolute Gasteiger partial charge is 0.332 e. The maximum Gasteiger partial charge on any atom is 0.332 e. The third-order valence-corrected chi connectivity index (χ3v) is 3.95. The van der Waals surface area contributed by atoms with Crippen LogP contribution in [0.5, 0.6) is 0 Å². The topological polar surface area (TPSA) is 98.0 Å². The van der Waals surface area contributed by atoms with Crippen molar-refractivity contribution in [2.45, 2.75) is 18.6 Å². The zero-order valence-corrected chi connectivity index (χ0v) is 15.1. The van der Waals surface area contributed by atoms with Crippen LogP contribution in [0.25, 0.3) is 11.0 Å². The van der Waals surface area contributed by atoms with Crippen molar-refractivity contribution in [2.75, 3.05) is 11.9 Å². The predicted molar refractivity (Wildman–Crippen MR) is 96.7 cm³/mol. The van der Waals surface area contributed by atoms with Gasteiger partial charge in [-0.05, 0) is 6.07 Å². The van der Waals surface area contributed by atoms with E-state index in [-0.39, 0.29) is 54.7 Å². The standard InChI is InChI=1S/C14H16FN5O3.2ClH/c1-19-11-9(13(22)20(2)14(19)23)4-8(6-17-11)18-12(21)10-3-7(15)5-16-10;;/h4,6-7,10,16H,3,5H2,1-2H3,(H,18,21);2*1H/t7-,10+;;/m0../s1. The van der Waals surface area contributed by atoms with Gasteiger partial charge in [-0.3, -0.25) is 18.7 Å². The van der Waals surface area contributed by atoms with Crippen LogP contribution in [-0.4, -0.2) is 38.8 Å². The normalized spacial score (nSPS) is 19.2. The summed E-state index contributed by atoms with van der Waals surface area (Å²) in [5, 5.41) is 5.61. The highest BCUT2D eigenvalue weighted by Gasteiger charge is 2.29. The van der Waals surface area contributed by atoms with E-state index in [2.05, 4.69) is 15.6 Å². The van der Waals surface area contributed by atoms with E-state index in [1.54, 1.807) is 0 Å². The summed E-state index contributed by atoms with van der Waals surface area (Å²) in [5.74, 6) is -0.382. The number of alkyl halides is 1. The van der Waals surface area contributed by atoms with E-state index < -0.39 is 23.5 Å². The molecule has 0 bridgehead atoms. The van der Waals surface area contributed by atoms with Crippen molar-refractivity contribution in [2.24, 2.45) is 14.1 Å². The number of halogens is 3. The fourth-order valence-electron chi connectivity index (χ4n) is 2.66. The first-order valence-corrected chi connectivity index (χ1v) is 7.12. The SMILES string of the molecule is Cl.Cl.Cn1c(=O)c2cc(NC(=O)[C@H]3C[C@H](F)CN3)cnc2n(C)c1=O. The molecule has 1 aliphatic rings. The van der Waals surface area contributed by atoms with Gasteiger partial charge in [0.05, 0.1) is 23.3 Å². The molecule has 0 saturated carbocycles. The lowest BCUT2D eigenvalue weighted by Gasteiger charge is -2.12. The van der Waals surface area contributed by atoms with Gasteiger partial charge < -0.3 is 10.6 Å². The number of carbonyl (C=O) groups excluding carboxylic acids is 1. The molecule has 2 aromatic rings. The summed E-state index contributed by atoms with van der Waals surface area (Å²) in [4.78, 5) is 40.2. The van der Waals surface area contributed by atoms with Crippen LogP contribution in [0.1, 0.15) is 6.42 Å². The summed E-state index contributed by atoms with van der Waals surface area (Å²) in [7, 11) is 2.89. The summed E-state index contributed by atoms with van der Waals surface area (Å²) in [6, 6.07) is 0.854. The fraction of sp³-hybridized carbons (Fsp3) is 0.429. The van der Waals surface area contributed by atoms with Crippen LogP contribution in [0.15, 0.2) is 21.9 Å². The molecule has 0 radical (unpaired) electrons. The van der Waals surface area contributed by atoms with Gasteiger partial charge >= 0.3 is 5.69 Å². The molecule has 1 saturated heterocycles. The molecule has 0 aliphatic carbocycles. The van der Waals surface area contributed by atoms with Gasteiger partial charge in [0.1, 0.15) is 11.8 Å². The van der Waals surface area contributed by atoms with Crippen LogP contribution in [0, 0.1) is 0 Å². The van der Waals surface area contributed by atoms with Crippen molar-refractivity contribution in [3.63, 3.8) is 0 Å². The number of fused-ring (bicyclic) bond motifs is 1. The number of aryl methyl sites for hydroxylation is 1. The average Bonchev–Trinajstić information content (AvgIpc) is 2.97. The molecule has 2 aromatic heterocycles. The Kier molecular flexibility index (Phi) is 6.69. The zero-order valence-electron chi connectivity index (χ0n) is 13.5. The highest BCUT2D eigenvalue weighted by Crippen LogP contribution is 2.15. The predicted octanol–water partition coefficient (Wildman–Crippen LogP) is 0.114. The molecule has 3 rings (SSSR count). The van der Waals surface area contributed by atoms with E-state index in [1.165, 1.54) is 30.9 Å². The van der Waals surface area contributed by atoms with Gasteiger partial charge in [0.2, 0.25) is 5.91 Å². The summed E-state index contributed by atoms with van der Waals surface area (Å²) in [6.07, 6.45) is 0.437. The van der Waals surface area contributed by atoms with Gasteiger partial charge in [0, 0.05) is 27.1 Å². The molecule has 0 aromatic carbocycles. The smallest absolute Gasteiger partial charge is 0.323 e. The van der Waals surface area contributed by atoms with Crippen molar-refractivity contribution < 1.29 is 9.18 Å². The molecule has 2 N–H and O–H groups in total. The minimum absolute atomic E-state index is 0. The molecule has 1 aliphatic heterocycles. The summed E-state index contributed by atoms with van der Waals surface area (Å²) >= 11 is 0. The van der Waals surface area contributed by atoms with Crippen LogP contribution in [-0.2, 0) is 18.9 Å². The highest BCUT2D eigenvalue weighted by molar-refractivity contribution is 5.96. The van der Waals surface area contributed by atoms with E-state index in [1.807, 2.05) is 0 Å². The molecule has 2 atom stereocenters. The Bertz CT molecular complexity index is 914. The van der Waals surface area contributed by atoms with Gasteiger partial charge in [0.25, 0.3) is 5.56 Å². The van der Waals surface area contributed by atoms with Crippen LogP contribution in [0.4, 0.5) is 10.1 Å². The van der Waals surface area contributed by atoms with E-state index in [9.17, 15) is 18.8 Å². The molecule has 11 heteroatoms. The molecule has 1 fully saturated rings. The lowest BCUT2D eigenvalue weighted by atomic mass is 10.2. The minimum atomic E-state index is -1.04. The van der Waals surface area contributed by atoms with Crippen LogP contribution >= 0.6 is 24.8 Å². The number of anilines is 1. The fourth-order valence-corrected chi connectivity index (χ4v) is 2.66. The Morgan fingerprint density at radius 1 is 1.32 bits per heavy atom. The first-order chi connectivity index (χ1) is 10.9. The Morgan fingerprint density at radius 3 is 2.60 bits per heavy atom. The lowest BCUT2D eigenvalue weighted by molar-refractivity contribution is -0.117. The molecule has 25 heavy (non-hydrogen) atoms. The molecule has 1 amide bonds. The first-order valence-electron chi connectivity index (χ1n) is 7.12. The van der Waals surface area contributed by atoms with Crippen LogP contribution in [0.3, 0.4) is 0 Å². The monoisotopic (exact) mass is 393 g/mol. The van der Waals surface area contributed by atoms with Gasteiger partial charge in [-0.2, -0.15) is 0 Å². The molecule has 3 heterocycles. The third-order valence-electron chi connectivity index (χ3n) is 3.95. The summed E-state index contributed by atoms with van der Waals surface area (Å²) in [6.45, 7) is 0.150. The first kappa shape index (κ1) is 21.1. The molecule has 0 spiro atoms. The van der Waals surface area contributed by atoms with Gasteiger partial charge in [-0.25, -0.2) is 14.2 Å². The second-order valence-electron chi connectivity index (χ2n) is 5.58. The Morgan fingerprint density at radius 2 is 2.00 bits per heavy atom. The Hall–Kier alpha value is -1.97. The van der Waals surface area contributed by atoms with E-state index in [4.69, 9.17) is 0 Å². The van der Waals surface area contributed by atoms with Crippen molar-refractivity contribution in [3.8, 4) is 0 Å². The average molecular weight is 394 g/mol. The molecule has 8 nitrogen and oxygen atoms in total. The van der Waals surface area contributed by atoms with Gasteiger partial charge in [0.15, 0.2) is 0 Å². The second kappa shape index (κ2) is 7.94. The maximum atomic E-state index is 13.1. The number of amides is 1. The van der Waals surface area contributed by atoms with Gasteiger partial charge in [-0.15, -0.1) is 24.8 Å². The minimum Gasteiger partial charge on any atom is -0.323 e. The lowest BCUT2D eigenvalue weighted by Crippen LogP contribution is -2.37. The molecule has 138 valence electrons. The number of hydrogen-bond donors (Lipinski definition) is 2. The number of rotatable bonds is 2. The number of nitrogens with zero attached hydrogens (tertiary/aromatic N) is 3. The summed E-state index contributed by atoms with van der Waals surface area (Å²) in [5.41, 5.74) is -0.410. The van der Waals surface area contributed by atoms with Crippen LogP contribution in [0.2, 0.25) is 0 Å². The van der Waals surface area contributed by atoms with E-state index in [0.717, 1.165) is 4.57 Å².